The number of nitrogens with zero attached hydrogens (tertiary/aromatic N) is 5. The number of rotatable bonds is 11. The van der Waals surface area contributed by atoms with Crippen LogP contribution in [0.4, 0.5) is 19.0 Å². The number of halogens is 3. The maximum absolute atomic E-state index is 12.9. The molecule has 11 heteroatoms. The van der Waals surface area contributed by atoms with Crippen LogP contribution >= 0.6 is 11.3 Å². The van der Waals surface area contributed by atoms with Crippen molar-refractivity contribution in [3.8, 4) is 6.07 Å². The number of hydrogen-bond donors (Lipinski definition) is 1. The maximum atomic E-state index is 12.9. The maximum Gasteiger partial charge on any atom is 0.393 e. The number of carbonyl (C=O) groups is 1. The molecule has 0 spiro atoms. The van der Waals surface area contributed by atoms with E-state index in [2.05, 4.69) is 56.5 Å². The molecule has 6 rings (SSSR count). The van der Waals surface area contributed by atoms with Gasteiger partial charge in [0.15, 0.2) is 5.78 Å². The number of likely N-dealkylation sites (tertiary alicyclic amines) is 1. The fraction of sp³-hybridized carbons (Fsp3) is 0.333. The molecule has 1 N–H and O–H groups in total. The highest BCUT2D eigenvalue weighted by Crippen LogP contribution is 2.33. The van der Waals surface area contributed by atoms with E-state index >= 15 is 0 Å². The zero-order valence-electron chi connectivity index (χ0n) is 26.1. The molecule has 0 saturated carbocycles. The molecule has 1 aliphatic rings. The number of ketones is 1. The molecule has 242 valence electrons. The number of piperidine rings is 1. The SMILES string of the molecule is C=CC(=O)Cc1cccc(CCn2c(C#N)cc3c(C)c(CN4CCC(Nc5ncnc6sc(CC(F)(F)F)cc56)CC4)ccc32)c1. The minimum atomic E-state index is -4.26. The van der Waals surface area contributed by atoms with Gasteiger partial charge in [0.2, 0.25) is 0 Å². The Balaban J connectivity index is 1.09. The number of hydrogen-bond acceptors (Lipinski definition) is 7. The van der Waals surface area contributed by atoms with Crippen molar-refractivity contribution >= 4 is 44.1 Å². The Morgan fingerprint density at radius 1 is 1.13 bits per heavy atom. The quantitative estimate of drug-likeness (QED) is 0.148. The standard InChI is InChI=1S/C36H35F3N6OS/c1-3-29(46)16-25-6-4-5-24(15-25)9-14-45-28(20-40)17-31-23(2)26(7-8-33(31)45)21-44-12-10-27(11-13-44)43-34-32-18-30(19-36(37,38)39)47-35(32)42-22-41-34/h3-8,15,17-18,22,27H,1,9-14,16,19,21H2,2H3,(H,41,42,43). The molecule has 4 heterocycles. The summed E-state index contributed by atoms with van der Waals surface area (Å²) in [5.74, 6) is 0.580. The Kier molecular flexibility index (Phi) is 9.43. The van der Waals surface area contributed by atoms with Crippen molar-refractivity contribution in [2.45, 2.75) is 64.3 Å². The Hall–Kier alpha value is -4.53. The third-order valence-electron chi connectivity index (χ3n) is 8.88. The molecule has 7 nitrogen and oxygen atoms in total. The van der Waals surface area contributed by atoms with Gasteiger partial charge in [0, 0.05) is 54.4 Å². The van der Waals surface area contributed by atoms with E-state index in [0.29, 0.717) is 34.7 Å². The third kappa shape index (κ3) is 7.56. The van der Waals surface area contributed by atoms with Crippen LogP contribution in [0.2, 0.25) is 0 Å². The summed E-state index contributed by atoms with van der Waals surface area (Å²) in [7, 11) is 0. The van der Waals surface area contributed by atoms with Gasteiger partial charge >= 0.3 is 6.18 Å². The van der Waals surface area contributed by atoms with Gasteiger partial charge in [-0.25, -0.2) is 9.97 Å². The Morgan fingerprint density at radius 3 is 2.66 bits per heavy atom. The van der Waals surface area contributed by atoms with Crippen LogP contribution in [0.1, 0.15) is 45.7 Å². The molecule has 0 amide bonds. The van der Waals surface area contributed by atoms with Crippen molar-refractivity contribution in [2.75, 3.05) is 18.4 Å². The fourth-order valence-corrected chi connectivity index (χ4v) is 7.44. The highest BCUT2D eigenvalue weighted by molar-refractivity contribution is 7.18. The van der Waals surface area contributed by atoms with Crippen LogP contribution in [0.25, 0.3) is 21.1 Å². The molecule has 0 aliphatic carbocycles. The second kappa shape index (κ2) is 13.7. The van der Waals surface area contributed by atoms with Gasteiger partial charge < -0.3 is 9.88 Å². The smallest absolute Gasteiger partial charge is 0.367 e. The van der Waals surface area contributed by atoms with Crippen LogP contribution in [0.15, 0.2) is 67.5 Å². The number of aromatic nitrogens is 3. The molecular formula is C36H35F3N6OS. The second-order valence-corrected chi connectivity index (χ2v) is 13.2. The van der Waals surface area contributed by atoms with Gasteiger partial charge in [-0.05, 0) is 72.7 Å². The van der Waals surface area contributed by atoms with Crippen molar-refractivity contribution < 1.29 is 18.0 Å². The van der Waals surface area contributed by atoms with Crippen LogP contribution in [0, 0.1) is 18.3 Å². The highest BCUT2D eigenvalue weighted by Gasteiger charge is 2.29. The van der Waals surface area contributed by atoms with Crippen LogP contribution in [-0.4, -0.2) is 50.5 Å². The molecular weight excluding hydrogens is 621 g/mol. The summed E-state index contributed by atoms with van der Waals surface area (Å²) in [6, 6.07) is 18.3. The minimum absolute atomic E-state index is 0.0105. The number of thiophene rings is 1. The van der Waals surface area contributed by atoms with Crippen molar-refractivity contribution in [1.82, 2.24) is 19.4 Å². The molecule has 0 atom stereocenters. The van der Waals surface area contributed by atoms with Crippen LogP contribution < -0.4 is 5.32 Å². The zero-order chi connectivity index (χ0) is 33.1. The van der Waals surface area contributed by atoms with Gasteiger partial charge in [0.1, 0.15) is 28.7 Å². The number of carbonyl (C=O) groups excluding carboxylic acids is 1. The highest BCUT2D eigenvalue weighted by atomic mass is 32.1. The molecule has 1 saturated heterocycles. The Labute approximate surface area is 275 Å². The summed E-state index contributed by atoms with van der Waals surface area (Å²) >= 11 is 1.06. The summed E-state index contributed by atoms with van der Waals surface area (Å²) in [6.07, 6.45) is 0.357. The first-order valence-electron chi connectivity index (χ1n) is 15.6. The Morgan fingerprint density at radius 2 is 1.91 bits per heavy atom. The lowest BCUT2D eigenvalue weighted by Gasteiger charge is -2.33. The molecule has 2 aromatic carbocycles. The Bertz CT molecular complexity index is 1980. The van der Waals surface area contributed by atoms with E-state index in [1.165, 1.54) is 23.5 Å². The van der Waals surface area contributed by atoms with Crippen molar-refractivity contribution in [2.24, 2.45) is 0 Å². The van der Waals surface area contributed by atoms with E-state index in [4.69, 9.17) is 0 Å². The lowest BCUT2D eigenvalue weighted by Crippen LogP contribution is -2.39. The first-order valence-corrected chi connectivity index (χ1v) is 16.5. The number of nitriles is 1. The van der Waals surface area contributed by atoms with E-state index in [1.54, 1.807) is 6.07 Å². The third-order valence-corrected chi connectivity index (χ3v) is 9.92. The average molecular weight is 657 g/mol. The van der Waals surface area contributed by atoms with E-state index in [9.17, 15) is 23.2 Å². The predicted octanol–water partition coefficient (Wildman–Crippen LogP) is 7.55. The second-order valence-electron chi connectivity index (χ2n) is 12.1. The van der Waals surface area contributed by atoms with Gasteiger partial charge in [0.05, 0.1) is 11.8 Å². The summed E-state index contributed by atoms with van der Waals surface area (Å²) in [5.41, 5.74) is 6.11. The molecule has 0 unspecified atom stereocenters. The van der Waals surface area contributed by atoms with E-state index < -0.39 is 12.6 Å². The number of aryl methyl sites for hydroxylation is 3. The number of benzene rings is 2. The lowest BCUT2D eigenvalue weighted by molar-refractivity contribution is -0.126. The summed E-state index contributed by atoms with van der Waals surface area (Å²) in [4.78, 5) is 23.6. The number of allylic oxidation sites excluding steroid dienone is 1. The minimum Gasteiger partial charge on any atom is -0.367 e. The number of anilines is 1. The molecule has 3 aromatic heterocycles. The van der Waals surface area contributed by atoms with E-state index in [-0.39, 0.29) is 16.7 Å². The van der Waals surface area contributed by atoms with Gasteiger partial charge in [-0.2, -0.15) is 18.4 Å². The lowest BCUT2D eigenvalue weighted by atomic mass is 10.0. The number of alkyl halides is 3. The number of nitrogens with one attached hydrogen (secondary N) is 1. The van der Waals surface area contributed by atoms with Gasteiger partial charge in [0.25, 0.3) is 0 Å². The molecule has 47 heavy (non-hydrogen) atoms. The first-order chi connectivity index (χ1) is 22.6. The molecule has 0 bridgehead atoms. The van der Waals surface area contributed by atoms with Gasteiger partial charge in [-0.1, -0.05) is 36.9 Å². The monoisotopic (exact) mass is 656 g/mol. The van der Waals surface area contributed by atoms with Crippen molar-refractivity contribution in [3.63, 3.8) is 0 Å². The van der Waals surface area contributed by atoms with E-state index in [1.807, 2.05) is 30.3 Å². The van der Waals surface area contributed by atoms with Crippen LogP contribution in [-0.2, 0) is 37.1 Å². The molecule has 5 aromatic rings. The normalized spacial score (nSPS) is 14.4. The molecule has 1 aliphatic heterocycles. The van der Waals surface area contributed by atoms with Crippen molar-refractivity contribution in [1.29, 1.82) is 5.26 Å². The average Bonchev–Trinajstić information content (AvgIpc) is 3.62. The fourth-order valence-electron chi connectivity index (χ4n) is 6.41. The largest absolute Gasteiger partial charge is 0.393 e. The predicted molar refractivity (Wildman–Crippen MR) is 180 cm³/mol. The zero-order valence-corrected chi connectivity index (χ0v) is 26.9. The summed E-state index contributed by atoms with van der Waals surface area (Å²) in [5, 5.41) is 15.1. The molecule has 0 radical (unpaired) electrons. The first kappa shape index (κ1) is 32.4. The summed E-state index contributed by atoms with van der Waals surface area (Å²) in [6.45, 7) is 8.86. The van der Waals surface area contributed by atoms with Crippen LogP contribution in [0.5, 0.6) is 0 Å². The molecule has 1 fully saturated rings. The summed E-state index contributed by atoms with van der Waals surface area (Å²) < 4.78 is 40.9. The number of fused-ring (bicyclic) bond motifs is 2. The van der Waals surface area contributed by atoms with Crippen LogP contribution in [0.3, 0.4) is 0 Å². The van der Waals surface area contributed by atoms with Crippen molar-refractivity contribution in [3.05, 3.63) is 100 Å². The van der Waals surface area contributed by atoms with Gasteiger partial charge in [-0.3, -0.25) is 9.69 Å². The van der Waals surface area contributed by atoms with E-state index in [0.717, 1.165) is 72.3 Å². The topological polar surface area (TPSA) is 86.8 Å². The van der Waals surface area contributed by atoms with Gasteiger partial charge in [-0.15, -0.1) is 11.3 Å².